The van der Waals surface area contributed by atoms with Crippen LogP contribution in [-0.4, -0.2) is 23.4 Å². The molecule has 4 nitrogen and oxygen atoms in total. The van der Waals surface area contributed by atoms with Crippen LogP contribution in [0.15, 0.2) is 42.0 Å². The van der Waals surface area contributed by atoms with Gasteiger partial charge in [-0.15, -0.1) is 0 Å². The molecule has 1 N–H and O–H groups in total. The maximum Gasteiger partial charge on any atom is 0.275 e. The first-order chi connectivity index (χ1) is 10.7. The number of hydrazine groups is 1. The first-order valence-corrected chi connectivity index (χ1v) is 8.10. The number of imide groups is 1. The summed E-state index contributed by atoms with van der Waals surface area (Å²) in [5, 5.41) is 1.20. The van der Waals surface area contributed by atoms with Crippen molar-refractivity contribution in [2.75, 3.05) is 6.54 Å². The molecule has 118 valence electrons. The van der Waals surface area contributed by atoms with E-state index in [1.807, 2.05) is 24.3 Å². The van der Waals surface area contributed by atoms with E-state index >= 15 is 0 Å². The second-order valence-electron chi connectivity index (χ2n) is 5.55. The van der Waals surface area contributed by atoms with Crippen LogP contribution in [0.3, 0.4) is 0 Å². The Morgan fingerprint density at radius 1 is 1.14 bits per heavy atom. The highest BCUT2D eigenvalue weighted by molar-refractivity contribution is 6.09. The Bertz CT molecular complexity index is 537. The van der Waals surface area contributed by atoms with Crippen LogP contribution in [0.1, 0.15) is 55.8 Å². The van der Waals surface area contributed by atoms with Crippen LogP contribution in [0.4, 0.5) is 0 Å². The molecule has 2 amide bonds. The molecule has 0 saturated carbocycles. The summed E-state index contributed by atoms with van der Waals surface area (Å²) in [5.74, 6) is -0.488. The average Bonchev–Trinajstić information content (AvgIpc) is 2.59. The molecule has 2 rings (SSSR count). The van der Waals surface area contributed by atoms with Gasteiger partial charge in [0.1, 0.15) is 0 Å². The standard InChI is InChI=1S/C18H24N2O2/c1-2-3-14-19-20(17(21)15-10-6-4-7-11-15)18(22)16-12-8-5-9-13-16/h4,6-7,10-12,19H,2-3,5,8-9,13-14H2,1H3. The maximum atomic E-state index is 12.7. The van der Waals surface area contributed by atoms with Crippen LogP contribution in [-0.2, 0) is 4.79 Å². The van der Waals surface area contributed by atoms with Crippen molar-refractivity contribution in [2.45, 2.75) is 45.4 Å². The van der Waals surface area contributed by atoms with Gasteiger partial charge in [0.25, 0.3) is 11.8 Å². The van der Waals surface area contributed by atoms with Gasteiger partial charge in [0, 0.05) is 17.7 Å². The lowest BCUT2D eigenvalue weighted by molar-refractivity contribution is -0.127. The van der Waals surface area contributed by atoms with Gasteiger partial charge in [0.05, 0.1) is 0 Å². The third kappa shape index (κ3) is 4.28. The van der Waals surface area contributed by atoms with Gasteiger partial charge in [-0.25, -0.2) is 10.4 Å². The highest BCUT2D eigenvalue weighted by Crippen LogP contribution is 2.19. The minimum atomic E-state index is -0.284. The average molecular weight is 300 g/mol. The van der Waals surface area contributed by atoms with E-state index in [1.54, 1.807) is 12.1 Å². The molecule has 0 heterocycles. The Morgan fingerprint density at radius 3 is 2.55 bits per heavy atom. The molecule has 1 aliphatic carbocycles. The molecule has 0 aromatic heterocycles. The molecule has 22 heavy (non-hydrogen) atoms. The van der Waals surface area contributed by atoms with Crippen LogP contribution in [0.5, 0.6) is 0 Å². The molecule has 0 spiro atoms. The van der Waals surface area contributed by atoms with E-state index in [2.05, 4.69) is 12.3 Å². The summed E-state index contributed by atoms with van der Waals surface area (Å²) in [6.45, 7) is 2.70. The van der Waals surface area contributed by atoms with Crippen LogP contribution in [0.25, 0.3) is 0 Å². The fourth-order valence-corrected chi connectivity index (χ4v) is 2.49. The van der Waals surface area contributed by atoms with E-state index < -0.39 is 0 Å². The van der Waals surface area contributed by atoms with E-state index in [0.717, 1.165) is 44.1 Å². The Kier molecular flexibility index (Phi) is 6.34. The topological polar surface area (TPSA) is 49.4 Å². The predicted molar refractivity (Wildman–Crippen MR) is 87.1 cm³/mol. The number of hydrogen-bond donors (Lipinski definition) is 1. The summed E-state index contributed by atoms with van der Waals surface area (Å²) < 4.78 is 0. The molecule has 0 unspecified atom stereocenters. The lowest BCUT2D eigenvalue weighted by Gasteiger charge is -2.24. The fraction of sp³-hybridized carbons (Fsp3) is 0.444. The Morgan fingerprint density at radius 2 is 1.91 bits per heavy atom. The first-order valence-electron chi connectivity index (χ1n) is 8.10. The minimum absolute atomic E-state index is 0.204. The Balaban J connectivity index is 2.16. The number of nitrogens with zero attached hydrogens (tertiary/aromatic N) is 1. The zero-order chi connectivity index (χ0) is 15.8. The monoisotopic (exact) mass is 300 g/mol. The maximum absolute atomic E-state index is 12.7. The molecule has 0 saturated heterocycles. The highest BCUT2D eigenvalue weighted by Gasteiger charge is 2.25. The lowest BCUT2D eigenvalue weighted by atomic mass is 9.99. The third-order valence-corrected chi connectivity index (χ3v) is 3.79. The number of carbonyl (C=O) groups is 2. The zero-order valence-electron chi connectivity index (χ0n) is 13.2. The number of carbonyl (C=O) groups excluding carboxylic acids is 2. The summed E-state index contributed by atoms with van der Waals surface area (Å²) in [6.07, 6.45) is 7.71. The van der Waals surface area contributed by atoms with Crippen LogP contribution in [0, 0.1) is 0 Å². The molecule has 0 fully saturated rings. The van der Waals surface area contributed by atoms with Gasteiger partial charge in [-0.2, -0.15) is 0 Å². The molecular formula is C18H24N2O2. The molecule has 0 radical (unpaired) electrons. The van der Waals surface area contributed by atoms with Gasteiger partial charge < -0.3 is 0 Å². The molecule has 0 bridgehead atoms. The van der Waals surface area contributed by atoms with E-state index in [0.29, 0.717) is 12.1 Å². The van der Waals surface area contributed by atoms with Crippen LogP contribution < -0.4 is 5.43 Å². The van der Waals surface area contributed by atoms with Crippen molar-refractivity contribution in [3.63, 3.8) is 0 Å². The number of rotatable bonds is 6. The van der Waals surface area contributed by atoms with Gasteiger partial charge >= 0.3 is 0 Å². The number of hydrogen-bond acceptors (Lipinski definition) is 3. The minimum Gasteiger partial charge on any atom is -0.267 e. The van der Waals surface area contributed by atoms with Crippen LogP contribution >= 0.6 is 0 Å². The van der Waals surface area contributed by atoms with E-state index in [1.165, 1.54) is 5.01 Å². The van der Waals surface area contributed by atoms with Gasteiger partial charge in [-0.05, 0) is 44.2 Å². The van der Waals surface area contributed by atoms with Crippen molar-refractivity contribution in [3.8, 4) is 0 Å². The van der Waals surface area contributed by atoms with Crippen molar-refractivity contribution < 1.29 is 9.59 Å². The van der Waals surface area contributed by atoms with Crippen molar-refractivity contribution in [1.29, 1.82) is 0 Å². The quantitative estimate of drug-likeness (QED) is 0.497. The second-order valence-corrected chi connectivity index (χ2v) is 5.55. The van der Waals surface area contributed by atoms with Gasteiger partial charge in [0.2, 0.25) is 0 Å². The van der Waals surface area contributed by atoms with Gasteiger partial charge in [-0.1, -0.05) is 37.6 Å². The van der Waals surface area contributed by atoms with Crippen molar-refractivity contribution in [1.82, 2.24) is 10.4 Å². The molecule has 0 atom stereocenters. The molecule has 1 aromatic carbocycles. The third-order valence-electron chi connectivity index (χ3n) is 3.79. The summed E-state index contributed by atoms with van der Waals surface area (Å²) in [5.41, 5.74) is 4.28. The predicted octanol–water partition coefficient (Wildman–Crippen LogP) is 3.46. The summed E-state index contributed by atoms with van der Waals surface area (Å²) in [6, 6.07) is 8.94. The highest BCUT2D eigenvalue weighted by atomic mass is 16.2. The van der Waals surface area contributed by atoms with Gasteiger partial charge in [-0.3, -0.25) is 9.59 Å². The summed E-state index contributed by atoms with van der Waals surface area (Å²) in [4.78, 5) is 25.3. The molecule has 4 heteroatoms. The summed E-state index contributed by atoms with van der Waals surface area (Å²) >= 11 is 0. The van der Waals surface area contributed by atoms with E-state index in [4.69, 9.17) is 0 Å². The van der Waals surface area contributed by atoms with E-state index in [9.17, 15) is 9.59 Å². The fourth-order valence-electron chi connectivity index (χ4n) is 2.49. The largest absolute Gasteiger partial charge is 0.275 e. The smallest absolute Gasteiger partial charge is 0.267 e. The number of benzene rings is 1. The van der Waals surface area contributed by atoms with Crippen molar-refractivity contribution in [3.05, 3.63) is 47.5 Å². The van der Waals surface area contributed by atoms with Crippen molar-refractivity contribution >= 4 is 11.8 Å². The second kappa shape index (κ2) is 8.49. The van der Waals surface area contributed by atoms with E-state index in [-0.39, 0.29) is 11.8 Å². The SMILES string of the molecule is CCCCNN(C(=O)C1=CCCCC1)C(=O)c1ccccc1. The Labute approximate surface area is 132 Å². The zero-order valence-corrected chi connectivity index (χ0v) is 13.2. The molecule has 0 aliphatic heterocycles. The van der Waals surface area contributed by atoms with Crippen LogP contribution in [0.2, 0.25) is 0 Å². The molecule has 1 aliphatic rings. The number of amides is 2. The molecule has 1 aromatic rings. The normalized spacial score (nSPS) is 14.3. The van der Waals surface area contributed by atoms with Gasteiger partial charge in [0.15, 0.2) is 0 Å². The first kappa shape index (κ1) is 16.4. The number of allylic oxidation sites excluding steroid dienone is 1. The Hall–Kier alpha value is -1.94. The lowest BCUT2D eigenvalue weighted by Crippen LogP contribution is -2.48. The summed E-state index contributed by atoms with van der Waals surface area (Å²) in [7, 11) is 0. The number of unbranched alkanes of at least 4 members (excludes halogenated alkanes) is 1. The van der Waals surface area contributed by atoms with Crippen molar-refractivity contribution in [2.24, 2.45) is 0 Å². The molecular weight excluding hydrogens is 276 g/mol. The number of nitrogens with one attached hydrogen (secondary N) is 1.